The summed E-state index contributed by atoms with van der Waals surface area (Å²) in [4.78, 5) is 13.0. The second kappa shape index (κ2) is 7.94. The minimum atomic E-state index is -3.83. The molecule has 4 nitrogen and oxygen atoms in total. The van der Waals surface area contributed by atoms with Crippen molar-refractivity contribution in [3.05, 3.63) is 94.5 Å². The lowest BCUT2D eigenvalue weighted by Crippen LogP contribution is -2.16. The number of sulfonamides is 1. The van der Waals surface area contributed by atoms with E-state index in [4.69, 9.17) is 11.6 Å². The number of aryl methyl sites for hydroxylation is 1. The Balaban J connectivity index is 1.98. The van der Waals surface area contributed by atoms with Crippen molar-refractivity contribution in [2.75, 3.05) is 4.72 Å². The summed E-state index contributed by atoms with van der Waals surface area (Å²) < 4.78 is 28.0. The Morgan fingerprint density at radius 2 is 1.63 bits per heavy atom. The molecule has 0 bridgehead atoms. The smallest absolute Gasteiger partial charge is 0.261 e. The van der Waals surface area contributed by atoms with Crippen molar-refractivity contribution >= 4 is 33.1 Å². The number of halogens is 1. The SMILES string of the molecule is CCc1ccc(S(=O)(=O)Nc2ccc(Cl)cc2C(=O)c2ccccc2)cc1. The van der Waals surface area contributed by atoms with Crippen molar-refractivity contribution in [3.8, 4) is 0 Å². The van der Waals surface area contributed by atoms with Crippen LogP contribution in [0.25, 0.3) is 0 Å². The fraction of sp³-hybridized carbons (Fsp3) is 0.0952. The van der Waals surface area contributed by atoms with Crippen molar-refractivity contribution < 1.29 is 13.2 Å². The molecule has 27 heavy (non-hydrogen) atoms. The number of hydrogen-bond donors (Lipinski definition) is 1. The van der Waals surface area contributed by atoms with Crippen LogP contribution in [0, 0.1) is 0 Å². The third kappa shape index (κ3) is 4.38. The fourth-order valence-electron chi connectivity index (χ4n) is 2.65. The molecule has 0 saturated heterocycles. The number of nitrogens with one attached hydrogen (secondary N) is 1. The van der Waals surface area contributed by atoms with Crippen molar-refractivity contribution in [1.82, 2.24) is 0 Å². The molecular formula is C21H18ClNO3S. The second-order valence-corrected chi connectivity index (χ2v) is 8.11. The summed E-state index contributed by atoms with van der Waals surface area (Å²) in [7, 11) is -3.83. The topological polar surface area (TPSA) is 63.2 Å². The van der Waals surface area contributed by atoms with Crippen LogP contribution in [0.15, 0.2) is 77.7 Å². The Bertz CT molecular complexity index is 1060. The molecule has 0 fully saturated rings. The van der Waals surface area contributed by atoms with E-state index in [2.05, 4.69) is 4.72 Å². The number of carbonyl (C=O) groups is 1. The van der Waals surface area contributed by atoms with Gasteiger partial charge in [0.05, 0.1) is 10.6 Å². The molecule has 0 heterocycles. The van der Waals surface area contributed by atoms with E-state index in [9.17, 15) is 13.2 Å². The first-order chi connectivity index (χ1) is 12.9. The molecule has 0 spiro atoms. The molecule has 3 aromatic carbocycles. The summed E-state index contributed by atoms with van der Waals surface area (Å²) in [6.07, 6.45) is 0.820. The summed E-state index contributed by atoms with van der Waals surface area (Å²) in [6.45, 7) is 2.00. The van der Waals surface area contributed by atoms with Crippen LogP contribution < -0.4 is 4.72 Å². The molecule has 3 aromatic rings. The highest BCUT2D eigenvalue weighted by molar-refractivity contribution is 7.92. The van der Waals surface area contributed by atoms with E-state index in [-0.39, 0.29) is 21.9 Å². The first kappa shape index (κ1) is 19.1. The van der Waals surface area contributed by atoms with Gasteiger partial charge in [0.15, 0.2) is 5.78 Å². The summed E-state index contributed by atoms with van der Waals surface area (Å²) in [5.74, 6) is -0.308. The predicted molar refractivity (Wildman–Crippen MR) is 108 cm³/mol. The number of anilines is 1. The van der Waals surface area contributed by atoms with Crippen LogP contribution in [0.5, 0.6) is 0 Å². The highest BCUT2D eigenvalue weighted by Gasteiger charge is 2.20. The van der Waals surface area contributed by atoms with Crippen LogP contribution in [0.4, 0.5) is 5.69 Å². The van der Waals surface area contributed by atoms with Gasteiger partial charge < -0.3 is 0 Å². The first-order valence-electron chi connectivity index (χ1n) is 8.42. The van der Waals surface area contributed by atoms with Gasteiger partial charge in [-0.1, -0.05) is 61.0 Å². The molecule has 3 rings (SSSR count). The van der Waals surface area contributed by atoms with Crippen LogP contribution in [0.1, 0.15) is 28.4 Å². The molecule has 0 saturated carbocycles. The van der Waals surface area contributed by atoms with Gasteiger partial charge in [-0.25, -0.2) is 8.42 Å². The zero-order chi connectivity index (χ0) is 19.4. The van der Waals surface area contributed by atoms with Gasteiger partial charge in [0.1, 0.15) is 0 Å². The largest absolute Gasteiger partial charge is 0.289 e. The van der Waals surface area contributed by atoms with Gasteiger partial charge in [-0.05, 0) is 42.3 Å². The molecule has 0 aliphatic heterocycles. The molecule has 1 N–H and O–H groups in total. The summed E-state index contributed by atoms with van der Waals surface area (Å²) in [6, 6.07) is 19.8. The number of carbonyl (C=O) groups excluding carboxylic acids is 1. The average Bonchev–Trinajstić information content (AvgIpc) is 2.69. The minimum absolute atomic E-state index is 0.132. The Hall–Kier alpha value is -2.63. The van der Waals surface area contributed by atoms with E-state index in [0.29, 0.717) is 10.6 Å². The number of rotatable bonds is 6. The first-order valence-corrected chi connectivity index (χ1v) is 10.3. The van der Waals surface area contributed by atoms with Gasteiger partial charge in [-0.2, -0.15) is 0 Å². The summed E-state index contributed by atoms with van der Waals surface area (Å²) >= 11 is 6.04. The molecule has 138 valence electrons. The van der Waals surface area contributed by atoms with Crippen molar-refractivity contribution in [1.29, 1.82) is 0 Å². The maximum absolute atomic E-state index is 12.8. The van der Waals surface area contributed by atoms with Gasteiger partial charge in [-0.3, -0.25) is 9.52 Å². The van der Waals surface area contributed by atoms with Gasteiger partial charge in [0.2, 0.25) is 0 Å². The zero-order valence-electron chi connectivity index (χ0n) is 14.6. The lowest BCUT2D eigenvalue weighted by atomic mass is 10.0. The minimum Gasteiger partial charge on any atom is -0.289 e. The molecule has 0 aromatic heterocycles. The Morgan fingerprint density at radius 1 is 0.963 bits per heavy atom. The predicted octanol–water partition coefficient (Wildman–Crippen LogP) is 4.93. The molecule has 0 unspecified atom stereocenters. The Morgan fingerprint density at radius 3 is 2.26 bits per heavy atom. The molecule has 6 heteroatoms. The number of hydrogen-bond acceptors (Lipinski definition) is 3. The van der Waals surface area contributed by atoms with E-state index in [0.717, 1.165) is 12.0 Å². The fourth-order valence-corrected chi connectivity index (χ4v) is 3.90. The number of ketones is 1. The van der Waals surface area contributed by atoms with E-state index >= 15 is 0 Å². The quantitative estimate of drug-likeness (QED) is 0.597. The normalized spacial score (nSPS) is 11.2. The lowest BCUT2D eigenvalue weighted by Gasteiger charge is -2.13. The average molecular weight is 400 g/mol. The third-order valence-electron chi connectivity index (χ3n) is 4.15. The van der Waals surface area contributed by atoms with E-state index in [1.165, 1.54) is 12.1 Å². The van der Waals surface area contributed by atoms with Crippen molar-refractivity contribution in [2.24, 2.45) is 0 Å². The summed E-state index contributed by atoms with van der Waals surface area (Å²) in [5, 5.41) is 0.351. The van der Waals surface area contributed by atoms with Crippen molar-refractivity contribution in [2.45, 2.75) is 18.2 Å². The van der Waals surface area contributed by atoms with E-state index in [1.54, 1.807) is 60.7 Å². The van der Waals surface area contributed by atoms with Gasteiger partial charge in [0, 0.05) is 16.1 Å². The van der Waals surface area contributed by atoms with Crippen LogP contribution in [-0.4, -0.2) is 14.2 Å². The van der Waals surface area contributed by atoms with Gasteiger partial charge in [0.25, 0.3) is 10.0 Å². The number of benzene rings is 3. The third-order valence-corrected chi connectivity index (χ3v) is 5.76. The van der Waals surface area contributed by atoms with Crippen LogP contribution in [0.3, 0.4) is 0 Å². The van der Waals surface area contributed by atoms with Crippen LogP contribution in [-0.2, 0) is 16.4 Å². The molecule has 0 aliphatic rings. The molecule has 0 atom stereocenters. The summed E-state index contributed by atoms with van der Waals surface area (Å²) in [5.41, 5.74) is 1.88. The maximum Gasteiger partial charge on any atom is 0.261 e. The van der Waals surface area contributed by atoms with Crippen LogP contribution in [0.2, 0.25) is 5.02 Å². The lowest BCUT2D eigenvalue weighted by molar-refractivity contribution is 0.103. The van der Waals surface area contributed by atoms with E-state index in [1.807, 2.05) is 6.92 Å². The maximum atomic E-state index is 12.8. The highest BCUT2D eigenvalue weighted by atomic mass is 35.5. The van der Waals surface area contributed by atoms with Crippen molar-refractivity contribution in [3.63, 3.8) is 0 Å². The van der Waals surface area contributed by atoms with Gasteiger partial charge in [-0.15, -0.1) is 0 Å². The molecule has 0 amide bonds. The molecule has 0 aliphatic carbocycles. The molecule has 0 radical (unpaired) electrons. The standard InChI is InChI=1S/C21H18ClNO3S/c1-2-15-8-11-18(12-9-15)27(25,26)23-20-13-10-17(22)14-19(20)21(24)16-6-4-3-5-7-16/h3-14,23H,2H2,1H3. The second-order valence-electron chi connectivity index (χ2n) is 5.99. The van der Waals surface area contributed by atoms with E-state index < -0.39 is 10.0 Å². The van der Waals surface area contributed by atoms with Crippen LogP contribution >= 0.6 is 11.6 Å². The monoisotopic (exact) mass is 399 g/mol. The van der Waals surface area contributed by atoms with Gasteiger partial charge >= 0.3 is 0 Å². The Kier molecular flexibility index (Phi) is 5.63. The molecular weight excluding hydrogens is 382 g/mol. The zero-order valence-corrected chi connectivity index (χ0v) is 16.2. The Labute approximate surface area is 163 Å². The highest BCUT2D eigenvalue weighted by Crippen LogP contribution is 2.26.